The summed E-state index contributed by atoms with van der Waals surface area (Å²) < 4.78 is 20.5. The Morgan fingerprint density at radius 1 is 1.25 bits per heavy atom. The predicted molar refractivity (Wildman–Crippen MR) is 76.1 cm³/mol. The van der Waals surface area contributed by atoms with Crippen molar-refractivity contribution in [2.45, 2.75) is 25.9 Å². The van der Waals surface area contributed by atoms with Gasteiger partial charge in [-0.25, -0.2) is 4.39 Å². The van der Waals surface area contributed by atoms with E-state index in [9.17, 15) is 4.39 Å². The van der Waals surface area contributed by atoms with E-state index in [0.717, 1.165) is 11.3 Å². The van der Waals surface area contributed by atoms with Gasteiger partial charge in [0.1, 0.15) is 0 Å². The third kappa shape index (κ3) is 2.99. The van der Waals surface area contributed by atoms with Crippen molar-refractivity contribution in [2.75, 3.05) is 7.11 Å². The highest BCUT2D eigenvalue weighted by molar-refractivity contribution is 5.31. The molecule has 108 valence electrons. The zero-order valence-corrected chi connectivity index (χ0v) is 12.2. The molecule has 0 radical (unpaired) electrons. The molecule has 0 aliphatic heterocycles. The molecule has 0 saturated carbocycles. The highest BCUT2D eigenvalue weighted by atomic mass is 19.1. The van der Waals surface area contributed by atoms with Gasteiger partial charge in [0.25, 0.3) is 0 Å². The second kappa shape index (κ2) is 6.05. The summed E-state index contributed by atoms with van der Waals surface area (Å²) >= 11 is 0. The van der Waals surface area contributed by atoms with E-state index < -0.39 is 0 Å². The molecule has 0 fully saturated rings. The Labute approximate surface area is 118 Å². The maximum Gasteiger partial charge on any atom is 0.165 e. The number of aryl methyl sites for hydroxylation is 1. The molecule has 0 aliphatic carbocycles. The molecule has 0 spiro atoms. The highest BCUT2D eigenvalue weighted by Crippen LogP contribution is 2.23. The van der Waals surface area contributed by atoms with Gasteiger partial charge < -0.3 is 10.1 Å². The Morgan fingerprint density at radius 2 is 2.00 bits per heavy atom. The Hall–Kier alpha value is -1.88. The van der Waals surface area contributed by atoms with E-state index in [1.54, 1.807) is 12.3 Å². The quantitative estimate of drug-likeness (QED) is 0.913. The van der Waals surface area contributed by atoms with Crippen LogP contribution in [0.15, 0.2) is 30.5 Å². The lowest BCUT2D eigenvalue weighted by Gasteiger charge is -2.21. The van der Waals surface area contributed by atoms with E-state index >= 15 is 0 Å². The lowest BCUT2D eigenvalue weighted by atomic mass is 10.1. The largest absolute Gasteiger partial charge is 0.494 e. The van der Waals surface area contributed by atoms with Crippen LogP contribution >= 0.6 is 0 Å². The van der Waals surface area contributed by atoms with Crippen LogP contribution < -0.4 is 10.1 Å². The summed E-state index contributed by atoms with van der Waals surface area (Å²) in [4.78, 5) is 0. The molecule has 0 amide bonds. The number of rotatable bonds is 5. The van der Waals surface area contributed by atoms with Gasteiger partial charge in [0.05, 0.1) is 12.8 Å². The number of benzene rings is 1. The lowest BCUT2D eigenvalue weighted by molar-refractivity contribution is 0.385. The molecule has 2 aromatic rings. The predicted octanol–water partition coefficient (Wildman–Crippen LogP) is 2.98. The first-order valence-corrected chi connectivity index (χ1v) is 6.60. The summed E-state index contributed by atoms with van der Waals surface area (Å²) in [5.74, 6) is -0.0764. The van der Waals surface area contributed by atoms with Crippen molar-refractivity contribution in [3.05, 3.63) is 47.5 Å². The Morgan fingerprint density at radius 3 is 2.55 bits per heavy atom. The number of methoxy groups -OCH3 is 1. The van der Waals surface area contributed by atoms with Crippen LogP contribution in [0.1, 0.15) is 37.2 Å². The molecule has 20 heavy (non-hydrogen) atoms. The van der Waals surface area contributed by atoms with Crippen molar-refractivity contribution in [1.82, 2.24) is 15.1 Å². The number of hydrogen-bond donors (Lipinski definition) is 1. The van der Waals surface area contributed by atoms with Gasteiger partial charge in [0, 0.05) is 25.3 Å². The van der Waals surface area contributed by atoms with Crippen LogP contribution in [-0.2, 0) is 7.05 Å². The summed E-state index contributed by atoms with van der Waals surface area (Å²) in [5.41, 5.74) is 1.98. The summed E-state index contributed by atoms with van der Waals surface area (Å²) in [6, 6.07) is 7.15. The fourth-order valence-electron chi connectivity index (χ4n) is 2.32. The average molecular weight is 277 g/mol. The van der Waals surface area contributed by atoms with Crippen LogP contribution in [-0.4, -0.2) is 16.9 Å². The first-order valence-electron chi connectivity index (χ1n) is 6.60. The van der Waals surface area contributed by atoms with E-state index in [0.29, 0.717) is 0 Å². The normalized spacial score (nSPS) is 14.1. The van der Waals surface area contributed by atoms with Gasteiger partial charge >= 0.3 is 0 Å². The minimum absolute atomic E-state index is 0.0281. The first-order chi connectivity index (χ1) is 9.52. The second-order valence-electron chi connectivity index (χ2n) is 4.88. The number of hydrogen-bond acceptors (Lipinski definition) is 3. The summed E-state index contributed by atoms with van der Waals surface area (Å²) in [7, 11) is 3.37. The maximum absolute atomic E-state index is 13.7. The molecule has 1 N–H and O–H groups in total. The minimum Gasteiger partial charge on any atom is -0.494 e. The Kier molecular flexibility index (Phi) is 4.39. The summed E-state index contributed by atoms with van der Waals surface area (Å²) in [5, 5.41) is 7.59. The fraction of sp³-hybridized carbons (Fsp3) is 0.400. The van der Waals surface area contributed by atoms with E-state index in [2.05, 4.69) is 17.3 Å². The number of aromatic nitrogens is 2. The Bertz CT molecular complexity index is 582. The number of ether oxygens (including phenoxy) is 1. The van der Waals surface area contributed by atoms with E-state index in [4.69, 9.17) is 4.74 Å². The van der Waals surface area contributed by atoms with Crippen LogP contribution in [0.25, 0.3) is 0 Å². The molecule has 0 saturated heterocycles. The van der Waals surface area contributed by atoms with E-state index in [1.165, 1.54) is 13.2 Å². The van der Waals surface area contributed by atoms with E-state index in [1.807, 2.05) is 30.8 Å². The van der Waals surface area contributed by atoms with Crippen molar-refractivity contribution >= 4 is 0 Å². The van der Waals surface area contributed by atoms with Crippen molar-refractivity contribution in [3.8, 4) is 5.75 Å². The standard InChI is InChI=1S/C15H20FN3O/c1-10(12-5-6-15(20-4)13(16)9-12)18-11(2)14-7-8-17-19(14)3/h5-11,18H,1-4H3. The second-order valence-corrected chi connectivity index (χ2v) is 4.88. The highest BCUT2D eigenvalue weighted by Gasteiger charge is 2.15. The van der Waals surface area contributed by atoms with Gasteiger partial charge in [-0.3, -0.25) is 4.68 Å². The molecule has 4 nitrogen and oxygen atoms in total. The van der Waals surface area contributed by atoms with Gasteiger partial charge in [-0.2, -0.15) is 5.10 Å². The van der Waals surface area contributed by atoms with Crippen LogP contribution in [0.5, 0.6) is 5.75 Å². The lowest BCUT2D eigenvalue weighted by Crippen LogP contribution is -2.24. The van der Waals surface area contributed by atoms with Crippen LogP contribution in [0.4, 0.5) is 4.39 Å². The van der Waals surface area contributed by atoms with Gasteiger partial charge in [-0.05, 0) is 37.6 Å². The van der Waals surface area contributed by atoms with Crippen LogP contribution in [0.3, 0.4) is 0 Å². The smallest absolute Gasteiger partial charge is 0.165 e. The molecule has 5 heteroatoms. The third-order valence-corrected chi connectivity index (χ3v) is 3.48. The molecule has 2 rings (SSSR count). The van der Waals surface area contributed by atoms with Gasteiger partial charge in [0.2, 0.25) is 0 Å². The SMILES string of the molecule is COc1ccc(C(C)NC(C)c2ccnn2C)cc1F. The summed E-state index contributed by atoms with van der Waals surface area (Å²) in [6.45, 7) is 4.07. The molecular formula is C15H20FN3O. The van der Waals surface area contributed by atoms with Crippen LogP contribution in [0, 0.1) is 5.82 Å². The van der Waals surface area contributed by atoms with Gasteiger partial charge in [-0.1, -0.05) is 6.07 Å². The third-order valence-electron chi connectivity index (χ3n) is 3.48. The number of nitrogens with one attached hydrogen (secondary N) is 1. The molecule has 2 atom stereocenters. The van der Waals surface area contributed by atoms with Crippen molar-refractivity contribution < 1.29 is 9.13 Å². The number of nitrogens with zero attached hydrogens (tertiary/aromatic N) is 2. The van der Waals surface area contributed by atoms with Crippen molar-refractivity contribution in [1.29, 1.82) is 0 Å². The minimum atomic E-state index is -0.341. The molecular weight excluding hydrogens is 257 g/mol. The molecule has 1 heterocycles. The molecule has 1 aromatic heterocycles. The molecule has 1 aromatic carbocycles. The zero-order valence-electron chi connectivity index (χ0n) is 12.2. The van der Waals surface area contributed by atoms with Crippen molar-refractivity contribution in [2.24, 2.45) is 7.05 Å². The molecule has 2 unspecified atom stereocenters. The molecule has 0 aliphatic rings. The average Bonchev–Trinajstić information content (AvgIpc) is 2.84. The van der Waals surface area contributed by atoms with E-state index in [-0.39, 0.29) is 23.7 Å². The van der Waals surface area contributed by atoms with Crippen LogP contribution in [0.2, 0.25) is 0 Å². The number of halogens is 1. The summed E-state index contributed by atoms with van der Waals surface area (Å²) in [6.07, 6.45) is 1.77. The Balaban J connectivity index is 2.10. The van der Waals surface area contributed by atoms with Gasteiger partial charge in [-0.15, -0.1) is 0 Å². The fourth-order valence-corrected chi connectivity index (χ4v) is 2.32. The van der Waals surface area contributed by atoms with Crippen molar-refractivity contribution in [3.63, 3.8) is 0 Å². The first kappa shape index (κ1) is 14.5. The van der Waals surface area contributed by atoms with Gasteiger partial charge in [0.15, 0.2) is 11.6 Å². The topological polar surface area (TPSA) is 39.1 Å². The monoisotopic (exact) mass is 277 g/mol. The molecule has 0 bridgehead atoms. The maximum atomic E-state index is 13.7. The zero-order chi connectivity index (χ0) is 14.7.